The van der Waals surface area contributed by atoms with Gasteiger partial charge in [-0.1, -0.05) is 0 Å². The number of thioether (sulfide) groups is 1. The first-order valence-corrected chi connectivity index (χ1v) is 7.99. The van der Waals surface area contributed by atoms with Crippen LogP contribution in [0.3, 0.4) is 0 Å². The lowest BCUT2D eigenvalue weighted by atomic mass is 10.4. The van der Waals surface area contributed by atoms with Crippen molar-refractivity contribution >= 4 is 35.0 Å². The normalized spacial score (nSPS) is 10.3. The Bertz CT molecular complexity index is 616. The molecule has 0 aliphatic carbocycles. The number of aromatic nitrogens is 2. The summed E-state index contributed by atoms with van der Waals surface area (Å²) in [6.07, 6.45) is 3.90. The summed E-state index contributed by atoms with van der Waals surface area (Å²) in [5.74, 6) is -0.760. The molecule has 0 spiro atoms. The lowest BCUT2D eigenvalue weighted by Crippen LogP contribution is -2.27. The third kappa shape index (κ3) is 5.16. The topological polar surface area (TPSA) is 92.2 Å². The molecule has 0 aliphatic rings. The van der Waals surface area contributed by atoms with Crippen LogP contribution in [-0.2, 0) is 11.2 Å². The molecule has 2 aromatic rings. The zero-order valence-corrected chi connectivity index (χ0v) is 12.6. The largest absolute Gasteiger partial charge is 0.476 e. The van der Waals surface area contributed by atoms with E-state index in [9.17, 15) is 9.59 Å². The van der Waals surface area contributed by atoms with Crippen molar-refractivity contribution in [3.8, 4) is 0 Å². The highest BCUT2D eigenvalue weighted by Crippen LogP contribution is 2.15. The number of carbonyl (C=O) groups excluding carboxylic acids is 1. The van der Waals surface area contributed by atoms with Gasteiger partial charge in [-0.2, -0.15) is 0 Å². The van der Waals surface area contributed by atoms with Gasteiger partial charge in [0.25, 0.3) is 0 Å². The fraction of sp³-hybridized carbons (Fsp3) is 0.231. The molecule has 0 bridgehead atoms. The lowest BCUT2D eigenvalue weighted by molar-refractivity contribution is -0.118. The number of carboxylic acid groups (broad SMARTS) is 1. The lowest BCUT2D eigenvalue weighted by Gasteiger charge is -2.03. The standard InChI is InChI=1S/C13H13N3O3S2/c17-11(8-20-9-1-4-14-5-2-9)15-6-3-12-16-10(7-21-12)13(18)19/h1-2,4-5,7H,3,6,8H2,(H,15,17)(H,18,19). The van der Waals surface area contributed by atoms with Crippen molar-refractivity contribution in [1.29, 1.82) is 0 Å². The minimum Gasteiger partial charge on any atom is -0.476 e. The van der Waals surface area contributed by atoms with Crippen LogP contribution in [0.25, 0.3) is 0 Å². The maximum atomic E-state index is 11.7. The predicted molar refractivity (Wildman–Crippen MR) is 80.7 cm³/mol. The number of nitrogens with one attached hydrogen (secondary N) is 1. The molecule has 110 valence electrons. The van der Waals surface area contributed by atoms with E-state index in [1.54, 1.807) is 12.4 Å². The first-order valence-electron chi connectivity index (χ1n) is 6.12. The van der Waals surface area contributed by atoms with Gasteiger partial charge in [0.2, 0.25) is 5.91 Å². The number of hydrogen-bond acceptors (Lipinski definition) is 6. The van der Waals surface area contributed by atoms with Gasteiger partial charge in [-0.05, 0) is 12.1 Å². The van der Waals surface area contributed by atoms with Gasteiger partial charge in [-0.15, -0.1) is 23.1 Å². The van der Waals surface area contributed by atoms with Crippen molar-refractivity contribution in [2.75, 3.05) is 12.3 Å². The molecule has 2 heterocycles. The predicted octanol–water partition coefficient (Wildman–Crippen LogP) is 1.69. The van der Waals surface area contributed by atoms with Crippen LogP contribution in [0.5, 0.6) is 0 Å². The van der Waals surface area contributed by atoms with Crippen LogP contribution >= 0.6 is 23.1 Å². The first-order chi connectivity index (χ1) is 10.1. The highest BCUT2D eigenvalue weighted by molar-refractivity contribution is 8.00. The van der Waals surface area contributed by atoms with Crippen LogP contribution in [0, 0.1) is 0 Å². The molecule has 2 aromatic heterocycles. The van der Waals surface area contributed by atoms with Crippen molar-refractivity contribution in [2.45, 2.75) is 11.3 Å². The van der Waals surface area contributed by atoms with E-state index in [-0.39, 0.29) is 11.6 Å². The van der Waals surface area contributed by atoms with E-state index in [1.165, 1.54) is 28.5 Å². The van der Waals surface area contributed by atoms with E-state index in [1.807, 2.05) is 12.1 Å². The zero-order chi connectivity index (χ0) is 15.1. The molecule has 0 aromatic carbocycles. The molecule has 0 saturated carbocycles. The molecular formula is C13H13N3O3S2. The summed E-state index contributed by atoms with van der Waals surface area (Å²) in [6, 6.07) is 3.70. The smallest absolute Gasteiger partial charge is 0.355 e. The van der Waals surface area contributed by atoms with E-state index >= 15 is 0 Å². The van der Waals surface area contributed by atoms with E-state index in [2.05, 4.69) is 15.3 Å². The fourth-order valence-corrected chi connectivity index (χ4v) is 2.95. The number of carbonyl (C=O) groups is 2. The van der Waals surface area contributed by atoms with Crippen molar-refractivity contribution in [2.24, 2.45) is 0 Å². The molecular weight excluding hydrogens is 310 g/mol. The maximum absolute atomic E-state index is 11.7. The second-order valence-electron chi connectivity index (χ2n) is 4.00. The Morgan fingerprint density at radius 1 is 1.33 bits per heavy atom. The number of thiazole rings is 1. The average molecular weight is 323 g/mol. The molecule has 0 atom stereocenters. The Kier molecular flexibility index (Phi) is 5.70. The number of hydrogen-bond donors (Lipinski definition) is 2. The third-order valence-electron chi connectivity index (χ3n) is 2.45. The van der Waals surface area contributed by atoms with Crippen LogP contribution < -0.4 is 5.32 Å². The Morgan fingerprint density at radius 2 is 2.10 bits per heavy atom. The number of amides is 1. The summed E-state index contributed by atoms with van der Waals surface area (Å²) in [5.41, 5.74) is 0.0505. The molecule has 2 rings (SSSR count). The summed E-state index contributed by atoms with van der Waals surface area (Å²) in [6.45, 7) is 0.447. The Balaban J connectivity index is 1.68. The Morgan fingerprint density at radius 3 is 2.76 bits per heavy atom. The number of nitrogens with zero attached hydrogens (tertiary/aromatic N) is 2. The van der Waals surface area contributed by atoms with Crippen molar-refractivity contribution in [3.05, 3.63) is 40.6 Å². The number of rotatable bonds is 7. The van der Waals surface area contributed by atoms with Crippen LogP contribution in [0.4, 0.5) is 0 Å². The average Bonchev–Trinajstić information content (AvgIpc) is 2.95. The summed E-state index contributed by atoms with van der Waals surface area (Å²) in [7, 11) is 0. The minimum absolute atomic E-state index is 0.0505. The number of carboxylic acids is 1. The van der Waals surface area contributed by atoms with Gasteiger partial charge in [0.15, 0.2) is 5.69 Å². The van der Waals surface area contributed by atoms with Gasteiger partial charge in [0.1, 0.15) is 0 Å². The first kappa shape index (κ1) is 15.5. The molecule has 6 nitrogen and oxygen atoms in total. The van der Waals surface area contributed by atoms with Crippen molar-refractivity contribution in [3.63, 3.8) is 0 Å². The van der Waals surface area contributed by atoms with E-state index < -0.39 is 5.97 Å². The fourth-order valence-electron chi connectivity index (χ4n) is 1.47. The monoisotopic (exact) mass is 323 g/mol. The Hall–Kier alpha value is -1.93. The van der Waals surface area contributed by atoms with Gasteiger partial charge < -0.3 is 10.4 Å². The molecule has 0 unspecified atom stereocenters. The van der Waals surface area contributed by atoms with Gasteiger partial charge in [0.05, 0.1) is 10.8 Å². The molecule has 1 amide bonds. The SMILES string of the molecule is O=C(CSc1ccncc1)NCCc1nc(C(=O)O)cs1. The van der Waals surface area contributed by atoms with E-state index in [0.717, 1.165) is 4.90 Å². The Labute approximate surface area is 129 Å². The van der Waals surface area contributed by atoms with Gasteiger partial charge in [0, 0.05) is 35.6 Å². The van der Waals surface area contributed by atoms with E-state index in [4.69, 9.17) is 5.11 Å². The minimum atomic E-state index is -1.03. The quantitative estimate of drug-likeness (QED) is 0.753. The van der Waals surface area contributed by atoms with Crippen molar-refractivity contribution < 1.29 is 14.7 Å². The third-order valence-corrected chi connectivity index (χ3v) is 4.37. The van der Waals surface area contributed by atoms with Crippen LogP contribution in [0.15, 0.2) is 34.8 Å². The molecule has 2 N–H and O–H groups in total. The number of pyridine rings is 1. The summed E-state index contributed by atoms with van der Waals surface area (Å²) >= 11 is 2.72. The summed E-state index contributed by atoms with van der Waals surface area (Å²) < 4.78 is 0. The van der Waals surface area contributed by atoms with Gasteiger partial charge >= 0.3 is 5.97 Å². The second-order valence-corrected chi connectivity index (χ2v) is 5.99. The van der Waals surface area contributed by atoms with Gasteiger partial charge in [-0.25, -0.2) is 9.78 Å². The maximum Gasteiger partial charge on any atom is 0.355 e. The second kappa shape index (κ2) is 7.75. The molecule has 0 fully saturated rings. The summed E-state index contributed by atoms with van der Waals surface area (Å²) in [5, 5.41) is 13.7. The highest BCUT2D eigenvalue weighted by atomic mass is 32.2. The molecule has 0 aliphatic heterocycles. The van der Waals surface area contributed by atoms with Crippen LogP contribution in [0.2, 0.25) is 0 Å². The van der Waals surface area contributed by atoms with Crippen LogP contribution in [-0.4, -0.2) is 39.2 Å². The van der Waals surface area contributed by atoms with Gasteiger partial charge in [-0.3, -0.25) is 9.78 Å². The van der Waals surface area contributed by atoms with Crippen LogP contribution in [0.1, 0.15) is 15.5 Å². The molecule has 21 heavy (non-hydrogen) atoms. The van der Waals surface area contributed by atoms with E-state index in [0.29, 0.717) is 23.7 Å². The van der Waals surface area contributed by atoms with Crippen molar-refractivity contribution in [1.82, 2.24) is 15.3 Å². The molecule has 0 saturated heterocycles. The zero-order valence-electron chi connectivity index (χ0n) is 11.0. The molecule has 0 radical (unpaired) electrons. The summed E-state index contributed by atoms with van der Waals surface area (Å²) in [4.78, 5) is 31.2. The molecule has 8 heteroatoms. The highest BCUT2D eigenvalue weighted by Gasteiger charge is 2.09. The number of aromatic carboxylic acids is 1.